The number of carbonyl (C=O) groups is 1. The summed E-state index contributed by atoms with van der Waals surface area (Å²) in [7, 11) is 1.63. The Morgan fingerprint density at radius 1 is 1.16 bits per heavy atom. The molecular formula is C17H18F3N3O2. The highest BCUT2D eigenvalue weighted by Gasteiger charge is 2.30. The summed E-state index contributed by atoms with van der Waals surface area (Å²) in [6.07, 6.45) is -2.01. The van der Waals surface area contributed by atoms with Crippen LogP contribution >= 0.6 is 0 Å². The summed E-state index contributed by atoms with van der Waals surface area (Å²) in [5.41, 5.74) is 0.117. The number of amides is 1. The van der Waals surface area contributed by atoms with E-state index in [1.165, 1.54) is 0 Å². The van der Waals surface area contributed by atoms with Crippen molar-refractivity contribution in [2.75, 3.05) is 30.9 Å². The molecule has 0 aliphatic heterocycles. The van der Waals surface area contributed by atoms with E-state index in [1.54, 1.807) is 25.4 Å². The molecule has 1 aromatic carbocycles. The fourth-order valence-electron chi connectivity index (χ4n) is 2.02. The van der Waals surface area contributed by atoms with E-state index in [9.17, 15) is 18.0 Å². The van der Waals surface area contributed by atoms with Crippen LogP contribution in [0.25, 0.3) is 0 Å². The zero-order valence-corrected chi connectivity index (χ0v) is 13.6. The maximum absolute atomic E-state index is 12.5. The van der Waals surface area contributed by atoms with Gasteiger partial charge in [0.1, 0.15) is 5.82 Å². The fraction of sp³-hybridized carbons (Fsp3) is 0.294. The highest BCUT2D eigenvalue weighted by Crippen LogP contribution is 2.29. The predicted molar refractivity (Wildman–Crippen MR) is 88.6 cm³/mol. The highest BCUT2D eigenvalue weighted by atomic mass is 19.4. The first-order valence-corrected chi connectivity index (χ1v) is 7.57. The summed E-state index contributed by atoms with van der Waals surface area (Å²) in [4.78, 5) is 16.1. The Labute approximate surface area is 143 Å². The van der Waals surface area contributed by atoms with E-state index in [2.05, 4.69) is 15.6 Å². The summed E-state index contributed by atoms with van der Waals surface area (Å²) in [6, 6.07) is 7.36. The lowest BCUT2D eigenvalue weighted by Gasteiger charge is -2.09. The smallest absolute Gasteiger partial charge is 0.385 e. The number of ether oxygens (including phenoxy) is 1. The molecule has 2 aromatic rings. The van der Waals surface area contributed by atoms with E-state index in [0.29, 0.717) is 12.4 Å². The van der Waals surface area contributed by atoms with Crippen LogP contribution in [-0.2, 0) is 10.9 Å². The van der Waals surface area contributed by atoms with Crippen molar-refractivity contribution in [3.05, 3.63) is 53.7 Å². The fourth-order valence-corrected chi connectivity index (χ4v) is 2.02. The molecule has 1 amide bonds. The zero-order valence-electron chi connectivity index (χ0n) is 13.6. The molecule has 134 valence electrons. The maximum atomic E-state index is 12.5. The maximum Gasteiger partial charge on any atom is 0.416 e. The first-order chi connectivity index (χ1) is 11.9. The van der Waals surface area contributed by atoms with Crippen LogP contribution in [0.4, 0.5) is 24.7 Å². The van der Waals surface area contributed by atoms with Crippen molar-refractivity contribution in [3.63, 3.8) is 0 Å². The number of nitrogens with one attached hydrogen (secondary N) is 2. The average Bonchev–Trinajstić information content (AvgIpc) is 2.59. The van der Waals surface area contributed by atoms with Gasteiger partial charge in [-0.2, -0.15) is 13.2 Å². The molecule has 25 heavy (non-hydrogen) atoms. The second-order valence-corrected chi connectivity index (χ2v) is 5.23. The van der Waals surface area contributed by atoms with Crippen LogP contribution in [0.15, 0.2) is 42.6 Å². The third-order valence-electron chi connectivity index (χ3n) is 3.33. The van der Waals surface area contributed by atoms with Crippen LogP contribution in [0.1, 0.15) is 22.3 Å². The number of alkyl halides is 3. The lowest BCUT2D eigenvalue weighted by Crippen LogP contribution is -2.14. The molecule has 0 fully saturated rings. The molecule has 1 heterocycles. The number of methoxy groups -OCH3 is 1. The molecule has 5 nitrogen and oxygen atoms in total. The summed E-state index contributed by atoms with van der Waals surface area (Å²) in [6.45, 7) is 1.38. The summed E-state index contributed by atoms with van der Waals surface area (Å²) < 4.78 is 42.5. The lowest BCUT2D eigenvalue weighted by atomic mass is 10.1. The Morgan fingerprint density at radius 2 is 1.88 bits per heavy atom. The molecule has 0 unspecified atom stereocenters. The number of hydrogen-bond acceptors (Lipinski definition) is 4. The number of hydrogen-bond donors (Lipinski definition) is 2. The Kier molecular flexibility index (Phi) is 6.35. The monoisotopic (exact) mass is 353 g/mol. The summed E-state index contributed by atoms with van der Waals surface area (Å²) >= 11 is 0. The van der Waals surface area contributed by atoms with Gasteiger partial charge in [0, 0.05) is 25.8 Å². The Morgan fingerprint density at radius 3 is 2.44 bits per heavy atom. The number of carbonyl (C=O) groups excluding carboxylic acids is 1. The molecule has 0 aliphatic rings. The lowest BCUT2D eigenvalue weighted by molar-refractivity contribution is -0.137. The number of nitrogens with zero attached hydrogens (tertiary/aromatic N) is 1. The van der Waals surface area contributed by atoms with Gasteiger partial charge in [0.05, 0.1) is 17.4 Å². The summed E-state index contributed by atoms with van der Waals surface area (Å²) in [5.74, 6) is -0.214. The summed E-state index contributed by atoms with van der Waals surface area (Å²) in [5, 5.41) is 5.69. The second kappa shape index (κ2) is 8.48. The Balaban J connectivity index is 1.92. The van der Waals surface area contributed by atoms with Gasteiger partial charge in [-0.05, 0) is 42.8 Å². The van der Waals surface area contributed by atoms with Gasteiger partial charge in [0.25, 0.3) is 5.91 Å². The van der Waals surface area contributed by atoms with Crippen LogP contribution in [0.3, 0.4) is 0 Å². The highest BCUT2D eigenvalue weighted by molar-refractivity contribution is 6.03. The minimum Gasteiger partial charge on any atom is -0.385 e. The number of aromatic nitrogens is 1. The quantitative estimate of drug-likeness (QED) is 0.743. The SMILES string of the molecule is COCCCNc1ccc(NC(=O)c2ccc(C(F)(F)F)cc2)nc1. The minimum absolute atomic E-state index is 0.122. The largest absolute Gasteiger partial charge is 0.416 e. The molecular weight excluding hydrogens is 335 g/mol. The molecule has 0 aliphatic carbocycles. The number of rotatable bonds is 7. The van der Waals surface area contributed by atoms with Crippen molar-refractivity contribution in [3.8, 4) is 0 Å². The third kappa shape index (κ3) is 5.75. The number of pyridine rings is 1. The van der Waals surface area contributed by atoms with Crippen LogP contribution in [0.5, 0.6) is 0 Å². The number of anilines is 2. The second-order valence-electron chi connectivity index (χ2n) is 5.23. The molecule has 0 spiro atoms. The van der Waals surface area contributed by atoms with Gasteiger partial charge >= 0.3 is 6.18 Å². The molecule has 0 saturated carbocycles. The molecule has 2 N–H and O–H groups in total. The first-order valence-electron chi connectivity index (χ1n) is 7.57. The van der Waals surface area contributed by atoms with E-state index in [4.69, 9.17) is 4.74 Å². The van der Waals surface area contributed by atoms with Crippen LogP contribution in [0, 0.1) is 0 Å². The van der Waals surface area contributed by atoms with Gasteiger partial charge in [-0.15, -0.1) is 0 Å². The van der Waals surface area contributed by atoms with Crippen LogP contribution in [-0.4, -0.2) is 31.2 Å². The normalized spacial score (nSPS) is 11.2. The topological polar surface area (TPSA) is 63.2 Å². The van der Waals surface area contributed by atoms with E-state index >= 15 is 0 Å². The van der Waals surface area contributed by atoms with Crippen LogP contribution in [0.2, 0.25) is 0 Å². The number of benzene rings is 1. The molecule has 0 radical (unpaired) electrons. The standard InChI is InChI=1S/C17H18F3N3O2/c1-25-10-2-9-21-14-7-8-15(22-11-14)23-16(24)12-3-5-13(6-4-12)17(18,19)20/h3-8,11,21H,2,9-10H2,1H3,(H,22,23,24). The molecule has 0 bridgehead atoms. The van der Waals surface area contributed by atoms with E-state index in [-0.39, 0.29) is 5.56 Å². The van der Waals surface area contributed by atoms with Gasteiger partial charge in [0.2, 0.25) is 0 Å². The predicted octanol–water partition coefficient (Wildman–Crippen LogP) is 3.80. The molecule has 8 heteroatoms. The van der Waals surface area contributed by atoms with Gasteiger partial charge in [-0.1, -0.05) is 0 Å². The number of halogens is 3. The van der Waals surface area contributed by atoms with E-state index in [0.717, 1.165) is 42.9 Å². The zero-order chi connectivity index (χ0) is 18.3. The van der Waals surface area contributed by atoms with Crippen molar-refractivity contribution in [2.45, 2.75) is 12.6 Å². The molecule has 0 saturated heterocycles. The molecule has 2 rings (SSSR count). The van der Waals surface area contributed by atoms with Crippen molar-refractivity contribution in [2.24, 2.45) is 0 Å². The van der Waals surface area contributed by atoms with Crippen molar-refractivity contribution in [1.82, 2.24) is 4.98 Å². The van der Waals surface area contributed by atoms with E-state index in [1.807, 2.05) is 0 Å². The first kappa shape index (κ1) is 18.7. The van der Waals surface area contributed by atoms with Gasteiger partial charge in [-0.3, -0.25) is 4.79 Å². The molecule has 1 aromatic heterocycles. The van der Waals surface area contributed by atoms with Crippen LogP contribution < -0.4 is 10.6 Å². The van der Waals surface area contributed by atoms with E-state index < -0.39 is 17.6 Å². The molecule has 0 atom stereocenters. The third-order valence-corrected chi connectivity index (χ3v) is 3.33. The van der Waals surface area contributed by atoms with Gasteiger partial charge < -0.3 is 15.4 Å². The van der Waals surface area contributed by atoms with Gasteiger partial charge in [-0.25, -0.2) is 4.98 Å². The van der Waals surface area contributed by atoms with Crippen molar-refractivity contribution >= 4 is 17.4 Å². The average molecular weight is 353 g/mol. The van der Waals surface area contributed by atoms with Gasteiger partial charge in [0.15, 0.2) is 0 Å². The Hall–Kier alpha value is -2.61. The minimum atomic E-state index is -4.43. The van der Waals surface area contributed by atoms with Crippen molar-refractivity contribution < 1.29 is 22.7 Å². The van der Waals surface area contributed by atoms with Crippen molar-refractivity contribution in [1.29, 1.82) is 0 Å². The Bertz CT molecular complexity index is 686.